The van der Waals surface area contributed by atoms with Crippen molar-refractivity contribution in [3.8, 4) is 0 Å². The van der Waals surface area contributed by atoms with Crippen molar-refractivity contribution in [3.63, 3.8) is 0 Å². The zero-order valence-corrected chi connectivity index (χ0v) is 15.4. The van der Waals surface area contributed by atoms with E-state index < -0.39 is 17.8 Å². The summed E-state index contributed by atoms with van der Waals surface area (Å²) in [5.74, 6) is 0. The van der Waals surface area contributed by atoms with Crippen LogP contribution in [-0.4, -0.2) is 48.2 Å². The first-order valence-electron chi connectivity index (χ1n) is 6.08. The van der Waals surface area contributed by atoms with Crippen LogP contribution in [0.2, 0.25) is 18.6 Å². The van der Waals surface area contributed by atoms with Gasteiger partial charge >= 0.3 is 8.80 Å². The molecule has 7 heteroatoms. The van der Waals surface area contributed by atoms with Gasteiger partial charge in [0.25, 0.3) is 0 Å². The lowest BCUT2D eigenvalue weighted by Gasteiger charge is -2.29. The van der Waals surface area contributed by atoms with Gasteiger partial charge in [-0.15, -0.1) is 0 Å². The molecule has 0 aliphatic carbocycles. The monoisotopic (exact) mass is 282 g/mol. The lowest BCUT2D eigenvalue weighted by Crippen LogP contribution is -2.46. The van der Waals surface area contributed by atoms with Gasteiger partial charge in [0, 0.05) is 25.9 Å². The molecule has 98 valence electrons. The predicted octanol–water partition coefficient (Wildman–Crippen LogP) is 0.685. The van der Waals surface area contributed by atoms with Crippen LogP contribution in [0.3, 0.4) is 0 Å². The Balaban J connectivity index is 4.34. The van der Waals surface area contributed by atoms with E-state index in [-0.39, 0.29) is 0 Å². The van der Waals surface area contributed by atoms with Gasteiger partial charge in [0.1, 0.15) is 10.5 Å². The second-order valence-electron chi connectivity index (χ2n) is 3.57. The second kappa shape index (κ2) is 9.51. The van der Waals surface area contributed by atoms with Crippen LogP contribution < -0.4 is 0 Å². The molecule has 0 aromatic rings. The Morgan fingerprint density at radius 3 is 1.75 bits per heavy atom. The average molecular weight is 283 g/mol. The quantitative estimate of drug-likeness (QED) is 0.552. The molecule has 0 amide bonds. The normalized spacial score (nSPS) is 14.2. The van der Waals surface area contributed by atoms with Gasteiger partial charge < -0.3 is 17.4 Å². The van der Waals surface area contributed by atoms with E-state index in [0.29, 0.717) is 19.8 Å². The van der Waals surface area contributed by atoms with Gasteiger partial charge in [0.05, 0.1) is 0 Å². The highest BCUT2D eigenvalue weighted by molar-refractivity contribution is 6.64. The standard InChI is InChI=1S/C9H26O4Si3/c1-5-10-16(11-6-2,12-7-3)9-8-15(4)13-14/h15H,5-9H2,1-4,14H3. The van der Waals surface area contributed by atoms with Crippen molar-refractivity contribution in [3.05, 3.63) is 0 Å². The maximum absolute atomic E-state index is 5.78. The smallest absolute Gasteiger partial charge is 0.466 e. The maximum atomic E-state index is 5.78. The molecule has 1 unspecified atom stereocenters. The SMILES string of the molecule is CCO[Si](CC[SiH](C)O[SiH3])(OCC)OCC. The average Bonchev–Trinajstić information content (AvgIpc) is 2.27. The van der Waals surface area contributed by atoms with E-state index >= 15 is 0 Å². The van der Waals surface area contributed by atoms with Crippen LogP contribution >= 0.6 is 0 Å². The van der Waals surface area contributed by atoms with Crippen LogP contribution in [0, 0.1) is 0 Å². The molecule has 0 fully saturated rings. The molecule has 0 rings (SSSR count). The Morgan fingerprint density at radius 2 is 1.44 bits per heavy atom. The third-order valence-electron chi connectivity index (χ3n) is 2.35. The lowest BCUT2D eigenvalue weighted by molar-refractivity contribution is 0.0724. The molecule has 0 aromatic carbocycles. The van der Waals surface area contributed by atoms with Crippen molar-refractivity contribution in [1.82, 2.24) is 0 Å². The fraction of sp³-hybridized carbons (Fsp3) is 1.00. The molecule has 0 spiro atoms. The molecule has 4 nitrogen and oxygen atoms in total. The molecule has 0 aliphatic rings. The van der Waals surface area contributed by atoms with Crippen molar-refractivity contribution in [1.29, 1.82) is 0 Å². The van der Waals surface area contributed by atoms with Gasteiger partial charge in [-0.3, -0.25) is 0 Å². The summed E-state index contributed by atoms with van der Waals surface area (Å²) < 4.78 is 22.8. The largest absolute Gasteiger partial charge is 0.500 e. The van der Waals surface area contributed by atoms with E-state index in [1.54, 1.807) is 0 Å². The summed E-state index contributed by atoms with van der Waals surface area (Å²) >= 11 is 0. The topological polar surface area (TPSA) is 36.9 Å². The van der Waals surface area contributed by atoms with Crippen LogP contribution in [0.5, 0.6) is 0 Å². The lowest BCUT2D eigenvalue weighted by atomic mass is 10.9. The minimum absolute atomic E-state index is 0.657. The van der Waals surface area contributed by atoms with Crippen LogP contribution in [-0.2, 0) is 17.4 Å². The first-order valence-corrected chi connectivity index (χ1v) is 11.3. The number of hydrogen-bond acceptors (Lipinski definition) is 4. The number of hydrogen-bond donors (Lipinski definition) is 0. The zero-order chi connectivity index (χ0) is 12.4. The van der Waals surface area contributed by atoms with Gasteiger partial charge in [-0.05, 0) is 33.4 Å². The van der Waals surface area contributed by atoms with Crippen LogP contribution in [0.4, 0.5) is 0 Å². The Labute approximate surface area is 105 Å². The Morgan fingerprint density at radius 1 is 1.00 bits per heavy atom. The van der Waals surface area contributed by atoms with Crippen LogP contribution in [0.25, 0.3) is 0 Å². The summed E-state index contributed by atoms with van der Waals surface area (Å²) in [5.41, 5.74) is 0. The molecule has 16 heavy (non-hydrogen) atoms. The summed E-state index contributed by atoms with van der Waals surface area (Å²) in [6.45, 7) is 10.2. The molecule has 1 atom stereocenters. The van der Waals surface area contributed by atoms with Crippen molar-refractivity contribution < 1.29 is 17.4 Å². The molecule has 0 radical (unpaired) electrons. The summed E-state index contributed by atoms with van der Waals surface area (Å²) in [7, 11) is -2.57. The highest BCUT2D eigenvalue weighted by atomic mass is 28.4. The molecule has 0 heterocycles. The summed E-state index contributed by atoms with van der Waals surface area (Å²) in [5, 5.41) is 0. The number of rotatable bonds is 10. The van der Waals surface area contributed by atoms with Crippen molar-refractivity contribution in [2.45, 2.75) is 39.4 Å². The van der Waals surface area contributed by atoms with Gasteiger partial charge in [-0.2, -0.15) is 0 Å². The van der Waals surface area contributed by atoms with Gasteiger partial charge in [0.15, 0.2) is 9.04 Å². The van der Waals surface area contributed by atoms with E-state index in [9.17, 15) is 0 Å². The molecule has 0 saturated heterocycles. The van der Waals surface area contributed by atoms with E-state index in [2.05, 4.69) is 6.55 Å². The predicted molar refractivity (Wildman–Crippen MR) is 74.3 cm³/mol. The highest BCUT2D eigenvalue weighted by Gasteiger charge is 2.40. The first kappa shape index (κ1) is 16.5. The summed E-state index contributed by atoms with van der Waals surface area (Å²) in [4.78, 5) is 0. The third-order valence-corrected chi connectivity index (χ3v) is 10.3. The minimum Gasteiger partial charge on any atom is -0.466 e. The molecule has 0 bridgehead atoms. The van der Waals surface area contributed by atoms with Crippen LogP contribution in [0.15, 0.2) is 0 Å². The van der Waals surface area contributed by atoms with Gasteiger partial charge in [-0.1, -0.05) is 0 Å². The molecular weight excluding hydrogens is 256 g/mol. The van der Waals surface area contributed by atoms with Crippen LogP contribution in [0.1, 0.15) is 20.8 Å². The molecular formula is C9H26O4Si3. The fourth-order valence-electron chi connectivity index (χ4n) is 1.50. The molecule has 0 saturated carbocycles. The summed E-state index contributed by atoms with van der Waals surface area (Å²) in [6, 6.07) is 1.98. The molecule has 0 N–H and O–H groups in total. The Hall–Kier alpha value is 0.491. The van der Waals surface area contributed by atoms with E-state index in [1.807, 2.05) is 20.8 Å². The first-order chi connectivity index (χ1) is 7.64. The van der Waals surface area contributed by atoms with Gasteiger partial charge in [-0.25, -0.2) is 0 Å². The van der Waals surface area contributed by atoms with E-state index in [1.165, 1.54) is 0 Å². The minimum atomic E-state index is -2.40. The Bertz CT molecular complexity index is 154. The van der Waals surface area contributed by atoms with E-state index in [4.69, 9.17) is 17.4 Å². The summed E-state index contributed by atoms with van der Waals surface area (Å²) in [6.07, 6.45) is 0. The molecule has 0 aromatic heterocycles. The zero-order valence-electron chi connectivity index (χ0n) is 11.2. The van der Waals surface area contributed by atoms with Crippen molar-refractivity contribution >= 4 is 28.3 Å². The highest BCUT2D eigenvalue weighted by Crippen LogP contribution is 2.19. The Kier molecular flexibility index (Phi) is 9.81. The van der Waals surface area contributed by atoms with Gasteiger partial charge in [0.2, 0.25) is 0 Å². The third kappa shape index (κ3) is 6.28. The van der Waals surface area contributed by atoms with Crippen molar-refractivity contribution in [2.75, 3.05) is 19.8 Å². The second-order valence-corrected chi connectivity index (χ2v) is 10.4. The van der Waals surface area contributed by atoms with Crippen molar-refractivity contribution in [2.24, 2.45) is 0 Å². The molecule has 0 aliphatic heterocycles. The maximum Gasteiger partial charge on any atom is 0.500 e. The fourth-order valence-corrected chi connectivity index (χ4v) is 7.48. The van der Waals surface area contributed by atoms with E-state index in [0.717, 1.165) is 22.6 Å².